The molecule has 1 aromatic heterocycles. The van der Waals surface area contributed by atoms with Crippen LogP contribution in [-0.4, -0.2) is 59.5 Å². The molecule has 1 atom stereocenters. The number of imide groups is 1. The maximum absolute atomic E-state index is 13.5. The van der Waals surface area contributed by atoms with Crippen molar-refractivity contribution in [2.24, 2.45) is 5.92 Å². The Hall–Kier alpha value is -3.15. The van der Waals surface area contributed by atoms with Gasteiger partial charge in [0.15, 0.2) is 5.13 Å². The Kier molecular flexibility index (Phi) is 9.37. The van der Waals surface area contributed by atoms with Crippen LogP contribution >= 0.6 is 11.3 Å². The summed E-state index contributed by atoms with van der Waals surface area (Å²) in [5.41, 5.74) is 1.12. The number of amides is 3. The summed E-state index contributed by atoms with van der Waals surface area (Å²) in [5.74, 6) is -1.46. The maximum Gasteiger partial charge on any atom is 0.262 e. The number of hydrogen-bond acceptors (Lipinski definition) is 7. The number of carbonyl (C=O) groups excluding carboxylic acids is 3. The van der Waals surface area contributed by atoms with E-state index in [1.807, 2.05) is 27.7 Å². The molecule has 3 amide bonds. The predicted octanol–water partition coefficient (Wildman–Crippen LogP) is 5.54. The molecule has 1 unspecified atom stereocenters. The third-order valence-corrected chi connectivity index (χ3v) is 9.71. The molecule has 9 nitrogen and oxygen atoms in total. The fraction of sp³-hybridized carbons (Fsp3) is 0.448. The number of unbranched alkanes of at least 4 members (excludes halogenated alkanes) is 2. The first-order valence-corrected chi connectivity index (χ1v) is 16.0. The van der Waals surface area contributed by atoms with E-state index in [1.165, 1.54) is 0 Å². The van der Waals surface area contributed by atoms with Crippen molar-refractivity contribution in [1.82, 2.24) is 14.2 Å². The Morgan fingerprint density at radius 2 is 1.60 bits per heavy atom. The molecule has 1 N–H and O–H groups in total. The van der Waals surface area contributed by atoms with Crippen LogP contribution in [0.1, 0.15) is 80.5 Å². The summed E-state index contributed by atoms with van der Waals surface area (Å²) in [5, 5.41) is 3.05. The highest BCUT2D eigenvalue weighted by Crippen LogP contribution is 2.31. The van der Waals surface area contributed by atoms with E-state index >= 15 is 0 Å². The van der Waals surface area contributed by atoms with Gasteiger partial charge in [0.05, 0.1) is 26.2 Å². The molecule has 4 rings (SSSR count). The number of benzene rings is 2. The Labute approximate surface area is 239 Å². The Bertz CT molecular complexity index is 1470. The Morgan fingerprint density at radius 3 is 2.15 bits per heavy atom. The number of thiazole rings is 1. The minimum absolute atomic E-state index is 0.0338. The number of rotatable bonds is 13. The van der Waals surface area contributed by atoms with Crippen LogP contribution in [0, 0.1) is 5.92 Å². The second kappa shape index (κ2) is 12.6. The average molecular weight is 585 g/mol. The van der Waals surface area contributed by atoms with Crippen molar-refractivity contribution in [2.75, 3.05) is 18.4 Å². The lowest BCUT2D eigenvalue weighted by molar-refractivity contribution is -0.120. The molecule has 0 saturated heterocycles. The molecule has 0 aliphatic carbocycles. The van der Waals surface area contributed by atoms with Crippen molar-refractivity contribution in [3.8, 4) is 0 Å². The van der Waals surface area contributed by atoms with Crippen LogP contribution < -0.4 is 5.32 Å². The third kappa shape index (κ3) is 6.11. The summed E-state index contributed by atoms with van der Waals surface area (Å²) in [4.78, 5) is 45.4. The van der Waals surface area contributed by atoms with Crippen molar-refractivity contribution in [3.63, 3.8) is 0 Å². The third-order valence-electron chi connectivity index (χ3n) is 6.88. The van der Waals surface area contributed by atoms with Crippen molar-refractivity contribution in [2.45, 2.75) is 70.7 Å². The van der Waals surface area contributed by atoms with E-state index < -0.39 is 33.8 Å². The number of aromatic nitrogens is 1. The number of fused-ring (bicyclic) bond motifs is 2. The first-order valence-electron chi connectivity index (χ1n) is 13.8. The molecule has 0 bridgehead atoms. The van der Waals surface area contributed by atoms with Gasteiger partial charge in [-0.05, 0) is 55.5 Å². The largest absolute Gasteiger partial charge is 0.300 e. The summed E-state index contributed by atoms with van der Waals surface area (Å²) in [6, 6.07) is 10.3. The molecular weight excluding hydrogens is 548 g/mol. The summed E-state index contributed by atoms with van der Waals surface area (Å²) < 4.78 is 29.0. The van der Waals surface area contributed by atoms with Crippen LogP contribution in [0.2, 0.25) is 0 Å². The fourth-order valence-corrected chi connectivity index (χ4v) is 7.27. The molecule has 0 spiro atoms. The van der Waals surface area contributed by atoms with Crippen LogP contribution in [0.15, 0.2) is 47.4 Å². The Morgan fingerprint density at radius 1 is 1.00 bits per heavy atom. The second-order valence-corrected chi connectivity index (χ2v) is 13.4. The quantitative estimate of drug-likeness (QED) is 0.264. The lowest BCUT2D eigenvalue weighted by Crippen LogP contribution is -2.47. The van der Waals surface area contributed by atoms with Crippen molar-refractivity contribution in [3.05, 3.63) is 53.6 Å². The van der Waals surface area contributed by atoms with E-state index in [9.17, 15) is 22.8 Å². The van der Waals surface area contributed by atoms with E-state index in [0.717, 1.165) is 41.9 Å². The highest BCUT2D eigenvalue weighted by atomic mass is 32.2. The topological polar surface area (TPSA) is 117 Å². The number of carbonyl (C=O) groups is 3. The van der Waals surface area contributed by atoms with Gasteiger partial charge in [0.1, 0.15) is 6.04 Å². The molecule has 2 heterocycles. The lowest BCUT2D eigenvalue weighted by atomic mass is 10.0. The molecule has 11 heteroatoms. The highest BCUT2D eigenvalue weighted by Gasteiger charge is 2.43. The van der Waals surface area contributed by atoms with E-state index in [2.05, 4.69) is 10.3 Å². The van der Waals surface area contributed by atoms with Gasteiger partial charge in [-0.2, -0.15) is 4.31 Å². The maximum atomic E-state index is 13.5. The molecule has 40 heavy (non-hydrogen) atoms. The minimum Gasteiger partial charge on any atom is -0.300 e. The zero-order chi connectivity index (χ0) is 29.0. The van der Waals surface area contributed by atoms with E-state index in [0.29, 0.717) is 23.3 Å². The van der Waals surface area contributed by atoms with E-state index in [-0.39, 0.29) is 33.5 Å². The minimum atomic E-state index is -3.68. The van der Waals surface area contributed by atoms with Gasteiger partial charge < -0.3 is 5.32 Å². The van der Waals surface area contributed by atoms with Gasteiger partial charge in [-0.25, -0.2) is 13.4 Å². The molecule has 0 fully saturated rings. The predicted molar refractivity (Wildman–Crippen MR) is 157 cm³/mol. The van der Waals surface area contributed by atoms with Crippen LogP contribution in [0.3, 0.4) is 0 Å². The van der Waals surface area contributed by atoms with Gasteiger partial charge in [0.2, 0.25) is 15.9 Å². The van der Waals surface area contributed by atoms with Crippen molar-refractivity contribution >= 4 is 54.4 Å². The van der Waals surface area contributed by atoms with Crippen LogP contribution in [0.25, 0.3) is 10.2 Å². The normalized spacial score (nSPS) is 14.4. The Balaban J connectivity index is 1.58. The number of nitrogens with zero attached hydrogens (tertiary/aromatic N) is 3. The lowest BCUT2D eigenvalue weighted by Gasteiger charge is -2.26. The molecule has 0 radical (unpaired) electrons. The average Bonchev–Trinajstić information content (AvgIpc) is 3.44. The molecule has 1 aliphatic rings. The van der Waals surface area contributed by atoms with Gasteiger partial charge >= 0.3 is 0 Å². The molecule has 2 aromatic carbocycles. The molecule has 0 saturated carbocycles. The molecule has 1 aliphatic heterocycles. The fourth-order valence-electron chi connectivity index (χ4n) is 4.74. The van der Waals surface area contributed by atoms with Gasteiger partial charge in [0, 0.05) is 13.1 Å². The zero-order valence-corrected chi connectivity index (χ0v) is 25.0. The van der Waals surface area contributed by atoms with Crippen LogP contribution in [0.5, 0.6) is 0 Å². The smallest absolute Gasteiger partial charge is 0.262 e. The van der Waals surface area contributed by atoms with Crippen LogP contribution in [-0.2, 0) is 14.8 Å². The number of hydrogen-bond donors (Lipinski definition) is 1. The number of sulfonamides is 1. The first kappa shape index (κ1) is 29.8. The summed E-state index contributed by atoms with van der Waals surface area (Å²) in [6.45, 7) is 8.84. The summed E-state index contributed by atoms with van der Waals surface area (Å²) in [6.07, 6.45) is 3.65. The van der Waals surface area contributed by atoms with Crippen LogP contribution in [0.4, 0.5) is 5.13 Å². The van der Waals surface area contributed by atoms with E-state index in [4.69, 9.17) is 0 Å². The van der Waals surface area contributed by atoms with Gasteiger partial charge in [-0.1, -0.05) is 64.0 Å². The zero-order valence-electron chi connectivity index (χ0n) is 23.3. The highest BCUT2D eigenvalue weighted by molar-refractivity contribution is 7.89. The van der Waals surface area contributed by atoms with E-state index in [1.54, 1.807) is 46.8 Å². The summed E-state index contributed by atoms with van der Waals surface area (Å²) in [7, 11) is -3.68. The van der Waals surface area contributed by atoms with Gasteiger partial charge in [-0.15, -0.1) is 0 Å². The van der Waals surface area contributed by atoms with Crippen molar-refractivity contribution < 1.29 is 22.8 Å². The SMILES string of the molecule is CCCCN(CCCC)S(=O)(=O)c1ccc2nc(NC(=O)C(CC(C)C)N3C(=O)c4ccccc4C3=O)sc2c1. The monoisotopic (exact) mass is 584 g/mol. The molecular formula is C29H36N4O5S2. The van der Waals surface area contributed by atoms with Gasteiger partial charge in [-0.3, -0.25) is 19.3 Å². The van der Waals surface area contributed by atoms with Crippen molar-refractivity contribution in [1.29, 1.82) is 0 Å². The first-order chi connectivity index (χ1) is 19.1. The molecule has 3 aromatic rings. The number of nitrogens with one attached hydrogen (secondary N) is 1. The second-order valence-electron chi connectivity index (χ2n) is 10.4. The number of anilines is 1. The molecule has 214 valence electrons. The summed E-state index contributed by atoms with van der Waals surface area (Å²) >= 11 is 1.16. The standard InChI is InChI=1S/C29H36N4O5S2/c1-5-7-15-32(16-8-6-2)40(37,38)20-13-14-23-25(18-20)39-29(30-23)31-26(34)24(17-19(3)4)33-27(35)21-11-9-10-12-22(21)28(33)36/h9-14,18-19,24H,5-8,15-17H2,1-4H3,(H,30,31,34). The van der Waals surface area contributed by atoms with Gasteiger partial charge in [0.25, 0.3) is 11.8 Å².